The Labute approximate surface area is 107 Å². The summed E-state index contributed by atoms with van der Waals surface area (Å²) < 4.78 is 10.7. The molecule has 6 heteroatoms. The number of esters is 1. The molecule has 0 saturated carbocycles. The fourth-order valence-electron chi connectivity index (χ4n) is 1.06. The van der Waals surface area contributed by atoms with E-state index in [4.69, 9.17) is 4.74 Å². The zero-order valence-electron chi connectivity index (χ0n) is 9.69. The predicted octanol–water partition coefficient (Wildman–Crippen LogP) is 2.27. The number of methoxy groups -OCH3 is 1. The van der Waals surface area contributed by atoms with Gasteiger partial charge in [-0.1, -0.05) is 22.0 Å². The standard InChI is InChI=1S/C11H12BrNO4/c1-7-4-5-8(12)6-9(7)17-10(13-16-3)11(14)15-2/h4-6H,1-3H3/b13-10-. The average molecular weight is 302 g/mol. The van der Waals surface area contributed by atoms with Crippen LogP contribution < -0.4 is 4.74 Å². The summed E-state index contributed by atoms with van der Waals surface area (Å²) in [6, 6.07) is 5.44. The van der Waals surface area contributed by atoms with Crippen LogP contribution in [0, 0.1) is 6.92 Å². The maximum atomic E-state index is 11.3. The maximum absolute atomic E-state index is 11.3. The third-order valence-electron chi connectivity index (χ3n) is 1.89. The molecule has 0 heterocycles. The summed E-state index contributed by atoms with van der Waals surface area (Å²) in [6.45, 7) is 1.85. The Morgan fingerprint density at radius 3 is 2.65 bits per heavy atom. The third-order valence-corrected chi connectivity index (χ3v) is 2.38. The van der Waals surface area contributed by atoms with Gasteiger partial charge in [0.1, 0.15) is 12.9 Å². The number of oxime groups is 1. The SMILES string of the molecule is CO/N=C(\Oc1cc(Br)ccc1C)C(=O)OC. The molecule has 0 aliphatic heterocycles. The number of aryl methyl sites for hydroxylation is 1. The summed E-state index contributed by atoms with van der Waals surface area (Å²) in [6.07, 6.45) is 0. The number of ether oxygens (including phenoxy) is 2. The van der Waals surface area contributed by atoms with E-state index >= 15 is 0 Å². The fourth-order valence-corrected chi connectivity index (χ4v) is 1.40. The lowest BCUT2D eigenvalue weighted by molar-refractivity contribution is -0.134. The number of hydrogen-bond donors (Lipinski definition) is 0. The maximum Gasteiger partial charge on any atom is 0.397 e. The zero-order valence-corrected chi connectivity index (χ0v) is 11.3. The first-order chi connectivity index (χ1) is 8.08. The van der Waals surface area contributed by atoms with Crippen molar-refractivity contribution < 1.29 is 19.1 Å². The number of rotatable bonds is 2. The first kappa shape index (κ1) is 13.5. The highest BCUT2D eigenvalue weighted by molar-refractivity contribution is 9.10. The molecule has 0 aromatic heterocycles. The molecule has 0 atom stereocenters. The van der Waals surface area contributed by atoms with E-state index in [2.05, 4.69) is 30.7 Å². The Balaban J connectivity index is 2.97. The van der Waals surface area contributed by atoms with Crippen LogP contribution in [0.15, 0.2) is 27.8 Å². The van der Waals surface area contributed by atoms with E-state index in [1.807, 2.05) is 19.1 Å². The number of benzene rings is 1. The van der Waals surface area contributed by atoms with Gasteiger partial charge in [0.05, 0.1) is 7.11 Å². The monoisotopic (exact) mass is 301 g/mol. The second-order valence-electron chi connectivity index (χ2n) is 3.08. The second-order valence-corrected chi connectivity index (χ2v) is 4.00. The second kappa shape index (κ2) is 6.24. The summed E-state index contributed by atoms with van der Waals surface area (Å²) in [4.78, 5) is 15.9. The van der Waals surface area contributed by atoms with E-state index < -0.39 is 5.97 Å². The van der Waals surface area contributed by atoms with Crippen molar-refractivity contribution in [3.63, 3.8) is 0 Å². The smallest absolute Gasteiger partial charge is 0.397 e. The van der Waals surface area contributed by atoms with Crippen LogP contribution in [0.4, 0.5) is 0 Å². The molecule has 0 saturated heterocycles. The zero-order chi connectivity index (χ0) is 12.8. The molecular weight excluding hydrogens is 290 g/mol. The third kappa shape index (κ3) is 3.74. The molecule has 17 heavy (non-hydrogen) atoms. The van der Waals surface area contributed by atoms with Gasteiger partial charge >= 0.3 is 11.9 Å². The van der Waals surface area contributed by atoms with Crippen LogP contribution in [0.2, 0.25) is 0 Å². The molecule has 0 aliphatic carbocycles. The largest absolute Gasteiger partial charge is 0.462 e. The van der Waals surface area contributed by atoms with Gasteiger partial charge < -0.3 is 14.3 Å². The van der Waals surface area contributed by atoms with Crippen LogP contribution in [0.25, 0.3) is 0 Å². The molecule has 0 N–H and O–H groups in total. The van der Waals surface area contributed by atoms with Crippen LogP contribution in [0.5, 0.6) is 5.75 Å². The molecule has 0 radical (unpaired) electrons. The molecule has 0 aliphatic rings. The van der Waals surface area contributed by atoms with E-state index in [-0.39, 0.29) is 5.90 Å². The Hall–Kier alpha value is -1.56. The quantitative estimate of drug-likeness (QED) is 0.364. The molecule has 1 aromatic rings. The van der Waals surface area contributed by atoms with E-state index in [1.54, 1.807) is 6.07 Å². The topological polar surface area (TPSA) is 57.1 Å². The van der Waals surface area contributed by atoms with Crippen molar-refractivity contribution >= 4 is 27.8 Å². The fraction of sp³-hybridized carbons (Fsp3) is 0.273. The Bertz CT molecular complexity index is 445. The predicted molar refractivity (Wildman–Crippen MR) is 66.0 cm³/mol. The van der Waals surface area contributed by atoms with E-state index in [0.717, 1.165) is 10.0 Å². The lowest BCUT2D eigenvalue weighted by Crippen LogP contribution is -2.22. The summed E-state index contributed by atoms with van der Waals surface area (Å²) in [5, 5.41) is 3.47. The number of halogens is 1. The van der Waals surface area contributed by atoms with Crippen molar-refractivity contribution in [2.45, 2.75) is 6.92 Å². The van der Waals surface area contributed by atoms with Crippen LogP contribution in [0.1, 0.15) is 5.56 Å². The normalized spacial score (nSPS) is 10.9. The minimum absolute atomic E-state index is 0.254. The van der Waals surface area contributed by atoms with Gasteiger partial charge in [0, 0.05) is 4.47 Å². The van der Waals surface area contributed by atoms with Crippen molar-refractivity contribution in [1.82, 2.24) is 0 Å². The van der Waals surface area contributed by atoms with Gasteiger partial charge in [0.15, 0.2) is 0 Å². The van der Waals surface area contributed by atoms with Crippen molar-refractivity contribution in [2.75, 3.05) is 14.2 Å². The molecule has 1 aromatic carbocycles. The molecule has 92 valence electrons. The van der Waals surface area contributed by atoms with Crippen molar-refractivity contribution in [3.8, 4) is 5.75 Å². The van der Waals surface area contributed by atoms with Gasteiger partial charge in [-0.3, -0.25) is 0 Å². The number of carbonyl (C=O) groups is 1. The first-order valence-corrected chi connectivity index (χ1v) is 5.51. The van der Waals surface area contributed by atoms with Crippen molar-refractivity contribution in [2.24, 2.45) is 5.16 Å². The summed E-state index contributed by atoms with van der Waals surface area (Å²) in [5.41, 5.74) is 0.862. The summed E-state index contributed by atoms with van der Waals surface area (Å²) in [5.74, 6) is -0.456. The molecular formula is C11H12BrNO4. The summed E-state index contributed by atoms with van der Waals surface area (Å²) in [7, 11) is 2.56. The van der Waals surface area contributed by atoms with Crippen LogP contribution in [-0.2, 0) is 14.4 Å². The molecule has 0 spiro atoms. The van der Waals surface area contributed by atoms with Gasteiger partial charge in [-0.2, -0.15) is 0 Å². The Morgan fingerprint density at radius 1 is 1.35 bits per heavy atom. The van der Waals surface area contributed by atoms with Crippen LogP contribution >= 0.6 is 15.9 Å². The Morgan fingerprint density at radius 2 is 2.06 bits per heavy atom. The van der Waals surface area contributed by atoms with Crippen LogP contribution in [0.3, 0.4) is 0 Å². The minimum atomic E-state index is -0.703. The molecule has 0 bridgehead atoms. The minimum Gasteiger partial charge on any atom is -0.462 e. The van der Waals surface area contributed by atoms with Gasteiger partial charge in [-0.25, -0.2) is 4.79 Å². The molecule has 1 rings (SSSR count). The molecule has 0 fully saturated rings. The first-order valence-electron chi connectivity index (χ1n) is 4.72. The molecule has 0 amide bonds. The van der Waals surface area contributed by atoms with E-state index in [1.165, 1.54) is 14.2 Å². The highest BCUT2D eigenvalue weighted by Gasteiger charge is 2.17. The number of hydrogen-bond acceptors (Lipinski definition) is 5. The number of carbonyl (C=O) groups excluding carboxylic acids is 1. The van der Waals surface area contributed by atoms with E-state index in [0.29, 0.717) is 5.75 Å². The van der Waals surface area contributed by atoms with Gasteiger partial charge in [0.2, 0.25) is 0 Å². The lowest BCUT2D eigenvalue weighted by atomic mass is 10.2. The van der Waals surface area contributed by atoms with Crippen molar-refractivity contribution in [1.29, 1.82) is 0 Å². The van der Waals surface area contributed by atoms with Gasteiger partial charge in [-0.15, -0.1) is 0 Å². The Kier molecular flexibility index (Phi) is 4.96. The lowest BCUT2D eigenvalue weighted by Gasteiger charge is -2.09. The van der Waals surface area contributed by atoms with Gasteiger partial charge in [-0.05, 0) is 29.8 Å². The average Bonchev–Trinajstić information content (AvgIpc) is 2.32. The van der Waals surface area contributed by atoms with Crippen LogP contribution in [-0.4, -0.2) is 26.1 Å². The molecule has 5 nitrogen and oxygen atoms in total. The highest BCUT2D eigenvalue weighted by atomic mass is 79.9. The highest BCUT2D eigenvalue weighted by Crippen LogP contribution is 2.23. The summed E-state index contributed by atoms with van der Waals surface area (Å²) >= 11 is 3.31. The van der Waals surface area contributed by atoms with Gasteiger partial charge in [0.25, 0.3) is 0 Å². The molecule has 0 unspecified atom stereocenters. The van der Waals surface area contributed by atoms with Crippen molar-refractivity contribution in [3.05, 3.63) is 28.2 Å². The number of nitrogens with zero attached hydrogens (tertiary/aromatic N) is 1. The van der Waals surface area contributed by atoms with E-state index in [9.17, 15) is 4.79 Å².